The van der Waals surface area contributed by atoms with Crippen LogP contribution in [-0.2, 0) is 24.8 Å². The standard InChI is InChI=1S/C14H17BrO4S/c1-9(2)20(17,18)12-5-4-10(8-11(12)15)14(6-7-14)13(16)19-3/h4-5,8-9H,6-7H2,1-3H3. The Bertz CT molecular complexity index is 645. The fourth-order valence-corrected chi connectivity index (χ4v) is 4.37. The average Bonchev–Trinajstić information content (AvgIpc) is 3.18. The van der Waals surface area contributed by atoms with Crippen LogP contribution >= 0.6 is 15.9 Å². The Morgan fingerprint density at radius 3 is 2.35 bits per heavy atom. The second-order valence-corrected chi connectivity index (χ2v) is 8.64. The van der Waals surface area contributed by atoms with Gasteiger partial charge in [0.05, 0.1) is 22.7 Å². The number of carbonyl (C=O) groups is 1. The lowest BCUT2D eigenvalue weighted by atomic mass is 9.96. The molecule has 0 atom stereocenters. The van der Waals surface area contributed by atoms with Crippen LogP contribution in [0.2, 0.25) is 0 Å². The Hall–Kier alpha value is -0.880. The van der Waals surface area contributed by atoms with Crippen molar-refractivity contribution in [2.75, 3.05) is 7.11 Å². The molecular formula is C14H17BrO4S. The number of benzene rings is 1. The van der Waals surface area contributed by atoms with E-state index >= 15 is 0 Å². The molecule has 0 bridgehead atoms. The molecule has 0 spiro atoms. The fraction of sp³-hybridized carbons (Fsp3) is 0.500. The maximum absolute atomic E-state index is 12.2. The van der Waals surface area contributed by atoms with Gasteiger partial charge in [0.2, 0.25) is 0 Å². The van der Waals surface area contributed by atoms with Crippen LogP contribution < -0.4 is 0 Å². The summed E-state index contributed by atoms with van der Waals surface area (Å²) in [6, 6.07) is 5.00. The molecule has 0 saturated heterocycles. The Balaban J connectivity index is 2.45. The smallest absolute Gasteiger partial charge is 0.316 e. The van der Waals surface area contributed by atoms with Gasteiger partial charge in [-0.2, -0.15) is 0 Å². The van der Waals surface area contributed by atoms with Crippen LogP contribution in [0.3, 0.4) is 0 Å². The van der Waals surface area contributed by atoms with Crippen molar-refractivity contribution in [2.24, 2.45) is 0 Å². The highest BCUT2D eigenvalue weighted by atomic mass is 79.9. The molecule has 0 aliphatic heterocycles. The van der Waals surface area contributed by atoms with Gasteiger partial charge in [-0.25, -0.2) is 8.42 Å². The summed E-state index contributed by atoms with van der Waals surface area (Å²) in [7, 11) is -1.97. The third-order valence-electron chi connectivity index (χ3n) is 3.74. The van der Waals surface area contributed by atoms with Gasteiger partial charge < -0.3 is 4.74 Å². The number of esters is 1. The molecule has 2 rings (SSSR count). The molecule has 1 fully saturated rings. The van der Waals surface area contributed by atoms with E-state index in [9.17, 15) is 13.2 Å². The first-order valence-corrected chi connectivity index (χ1v) is 8.72. The monoisotopic (exact) mass is 360 g/mol. The lowest BCUT2D eigenvalue weighted by molar-refractivity contribution is -0.143. The quantitative estimate of drug-likeness (QED) is 0.774. The topological polar surface area (TPSA) is 60.4 Å². The van der Waals surface area contributed by atoms with E-state index in [-0.39, 0.29) is 10.9 Å². The molecule has 1 aromatic rings. The maximum atomic E-state index is 12.2. The van der Waals surface area contributed by atoms with Gasteiger partial charge in [-0.3, -0.25) is 4.79 Å². The van der Waals surface area contributed by atoms with E-state index in [2.05, 4.69) is 15.9 Å². The fourth-order valence-electron chi connectivity index (χ4n) is 2.21. The lowest BCUT2D eigenvalue weighted by Crippen LogP contribution is -2.22. The molecule has 0 heterocycles. The van der Waals surface area contributed by atoms with Gasteiger partial charge >= 0.3 is 5.97 Å². The van der Waals surface area contributed by atoms with E-state index in [1.54, 1.807) is 32.0 Å². The van der Waals surface area contributed by atoms with Crippen LogP contribution in [0.5, 0.6) is 0 Å². The van der Waals surface area contributed by atoms with E-state index in [1.165, 1.54) is 7.11 Å². The highest BCUT2D eigenvalue weighted by molar-refractivity contribution is 9.10. The third-order valence-corrected chi connectivity index (χ3v) is 6.87. The number of hydrogen-bond acceptors (Lipinski definition) is 4. The normalized spacial score (nSPS) is 17.1. The van der Waals surface area contributed by atoms with Crippen molar-refractivity contribution in [3.05, 3.63) is 28.2 Å². The molecule has 1 aromatic carbocycles. The van der Waals surface area contributed by atoms with Crippen LogP contribution in [0.15, 0.2) is 27.6 Å². The van der Waals surface area contributed by atoms with Gasteiger partial charge in [-0.1, -0.05) is 6.07 Å². The van der Waals surface area contributed by atoms with E-state index in [4.69, 9.17) is 4.74 Å². The predicted octanol–water partition coefficient (Wildman–Crippen LogP) is 2.84. The summed E-state index contributed by atoms with van der Waals surface area (Å²) in [5, 5.41) is -0.486. The molecule has 0 radical (unpaired) electrons. The van der Waals surface area contributed by atoms with E-state index in [0.717, 1.165) is 18.4 Å². The molecule has 1 aliphatic carbocycles. The van der Waals surface area contributed by atoms with Crippen molar-refractivity contribution in [3.8, 4) is 0 Å². The van der Waals surface area contributed by atoms with Crippen molar-refractivity contribution < 1.29 is 17.9 Å². The average molecular weight is 361 g/mol. The SMILES string of the molecule is COC(=O)C1(c2ccc(S(=O)(=O)C(C)C)c(Br)c2)CC1. The van der Waals surface area contributed by atoms with E-state index in [0.29, 0.717) is 4.47 Å². The summed E-state index contributed by atoms with van der Waals surface area (Å²) in [5.41, 5.74) is 0.219. The largest absolute Gasteiger partial charge is 0.468 e. The molecular weight excluding hydrogens is 344 g/mol. The number of rotatable bonds is 4. The van der Waals surface area contributed by atoms with Crippen molar-refractivity contribution in [1.29, 1.82) is 0 Å². The van der Waals surface area contributed by atoms with Crippen molar-refractivity contribution in [2.45, 2.75) is 42.2 Å². The summed E-state index contributed by atoms with van der Waals surface area (Å²) < 4.78 is 29.7. The van der Waals surface area contributed by atoms with Gasteiger partial charge in [0.25, 0.3) is 0 Å². The second kappa shape index (κ2) is 5.15. The van der Waals surface area contributed by atoms with Gasteiger partial charge in [-0.05, 0) is 60.3 Å². The number of methoxy groups -OCH3 is 1. The van der Waals surface area contributed by atoms with Crippen LogP contribution in [0.25, 0.3) is 0 Å². The highest BCUT2D eigenvalue weighted by Gasteiger charge is 2.52. The van der Waals surface area contributed by atoms with Crippen molar-refractivity contribution in [3.63, 3.8) is 0 Å². The molecule has 1 saturated carbocycles. The summed E-state index contributed by atoms with van der Waals surface area (Å²) in [6.45, 7) is 3.29. The second-order valence-electron chi connectivity index (χ2n) is 5.31. The Morgan fingerprint density at radius 2 is 1.95 bits per heavy atom. The number of ether oxygens (including phenoxy) is 1. The van der Waals surface area contributed by atoms with Crippen LogP contribution in [-0.4, -0.2) is 26.7 Å². The molecule has 1 aliphatic rings. The van der Waals surface area contributed by atoms with Gasteiger partial charge in [0.15, 0.2) is 9.84 Å². The zero-order valence-corrected chi connectivity index (χ0v) is 14.0. The van der Waals surface area contributed by atoms with Crippen molar-refractivity contribution >= 4 is 31.7 Å². The summed E-state index contributed by atoms with van der Waals surface area (Å²) >= 11 is 3.31. The van der Waals surface area contributed by atoms with E-state index in [1.807, 2.05) is 0 Å². The van der Waals surface area contributed by atoms with Crippen LogP contribution in [0.4, 0.5) is 0 Å². The van der Waals surface area contributed by atoms with Gasteiger partial charge in [0.1, 0.15) is 0 Å². The summed E-state index contributed by atoms with van der Waals surface area (Å²) in [6.07, 6.45) is 1.48. The number of hydrogen-bond donors (Lipinski definition) is 0. The highest BCUT2D eigenvalue weighted by Crippen LogP contribution is 2.50. The third kappa shape index (κ3) is 2.39. The zero-order chi connectivity index (χ0) is 15.1. The van der Waals surface area contributed by atoms with Crippen LogP contribution in [0.1, 0.15) is 32.3 Å². The molecule has 0 aromatic heterocycles. The molecule has 0 N–H and O–H groups in total. The van der Waals surface area contributed by atoms with Crippen LogP contribution in [0, 0.1) is 0 Å². The number of carbonyl (C=O) groups excluding carboxylic acids is 1. The minimum Gasteiger partial charge on any atom is -0.468 e. The minimum atomic E-state index is -3.34. The van der Waals surface area contributed by atoms with E-state index < -0.39 is 20.5 Å². The molecule has 0 amide bonds. The molecule has 0 unspecified atom stereocenters. The minimum absolute atomic E-state index is 0.260. The lowest BCUT2D eigenvalue weighted by Gasteiger charge is -2.16. The Kier molecular flexibility index (Phi) is 3.99. The Labute approximate surface area is 127 Å². The first-order chi connectivity index (χ1) is 9.25. The van der Waals surface area contributed by atoms with Crippen molar-refractivity contribution in [1.82, 2.24) is 0 Å². The summed E-state index contributed by atoms with van der Waals surface area (Å²) in [4.78, 5) is 12.1. The first-order valence-electron chi connectivity index (χ1n) is 6.38. The maximum Gasteiger partial charge on any atom is 0.316 e. The number of sulfone groups is 1. The molecule has 4 nitrogen and oxygen atoms in total. The first kappa shape index (κ1) is 15.5. The van der Waals surface area contributed by atoms with Gasteiger partial charge in [-0.15, -0.1) is 0 Å². The number of halogens is 1. The zero-order valence-electron chi connectivity index (χ0n) is 11.6. The predicted molar refractivity (Wildman–Crippen MR) is 79.4 cm³/mol. The Morgan fingerprint density at radius 1 is 1.35 bits per heavy atom. The molecule has 20 heavy (non-hydrogen) atoms. The van der Waals surface area contributed by atoms with Gasteiger partial charge in [0, 0.05) is 4.47 Å². The molecule has 6 heteroatoms. The molecule has 110 valence electrons. The summed E-state index contributed by atoms with van der Waals surface area (Å²) in [5.74, 6) is -0.260.